The van der Waals surface area contributed by atoms with Crippen LogP contribution in [0.4, 0.5) is 13.2 Å². The number of aromatic carboxylic acids is 1. The topological polar surface area (TPSA) is 59.4 Å². The third-order valence-corrected chi connectivity index (χ3v) is 3.92. The van der Waals surface area contributed by atoms with Crippen molar-refractivity contribution in [3.8, 4) is 5.75 Å². The highest BCUT2D eigenvalue weighted by atomic mass is 32.1. The van der Waals surface area contributed by atoms with E-state index in [2.05, 4.69) is 4.98 Å². The molecule has 1 aromatic heterocycles. The summed E-state index contributed by atoms with van der Waals surface area (Å²) in [6.07, 6.45) is -4.38. The standard InChI is InChI=1S/C16H16F3NO3S/c1-9(2)7-23-13-4-3-11(16(17,18)19)5-10(13)6-14-20-12(8-24-14)15(21)22/h3-5,8-9H,6-7H2,1-2H3,(H,21,22). The van der Waals surface area contributed by atoms with Gasteiger partial charge in [-0.1, -0.05) is 13.8 Å². The number of hydrogen-bond acceptors (Lipinski definition) is 4. The number of nitrogens with zero attached hydrogens (tertiary/aromatic N) is 1. The maximum atomic E-state index is 12.9. The minimum absolute atomic E-state index is 0.0787. The minimum Gasteiger partial charge on any atom is -0.493 e. The summed E-state index contributed by atoms with van der Waals surface area (Å²) in [6, 6.07) is 3.30. The van der Waals surface area contributed by atoms with E-state index in [1.165, 1.54) is 11.4 Å². The lowest BCUT2D eigenvalue weighted by Gasteiger charge is -2.15. The van der Waals surface area contributed by atoms with Gasteiger partial charge in [-0.2, -0.15) is 13.2 Å². The van der Waals surface area contributed by atoms with Crippen LogP contribution >= 0.6 is 11.3 Å². The van der Waals surface area contributed by atoms with E-state index in [1.807, 2.05) is 13.8 Å². The van der Waals surface area contributed by atoms with Gasteiger partial charge in [-0.15, -0.1) is 11.3 Å². The van der Waals surface area contributed by atoms with Crippen LogP contribution in [0.1, 0.15) is 40.5 Å². The predicted molar refractivity (Wildman–Crippen MR) is 83.7 cm³/mol. The number of aromatic nitrogens is 1. The number of thiazole rings is 1. The molecule has 0 unspecified atom stereocenters. The van der Waals surface area contributed by atoms with E-state index in [0.29, 0.717) is 22.9 Å². The third kappa shape index (κ3) is 4.70. The summed E-state index contributed by atoms with van der Waals surface area (Å²) in [7, 11) is 0. The molecule has 4 nitrogen and oxygen atoms in total. The molecular weight excluding hydrogens is 343 g/mol. The smallest absolute Gasteiger partial charge is 0.416 e. The summed E-state index contributed by atoms with van der Waals surface area (Å²) in [5.74, 6) is -0.597. The Morgan fingerprint density at radius 3 is 2.62 bits per heavy atom. The van der Waals surface area contributed by atoms with Crippen molar-refractivity contribution in [1.82, 2.24) is 4.98 Å². The van der Waals surface area contributed by atoms with Crippen LogP contribution in [0.15, 0.2) is 23.6 Å². The van der Waals surface area contributed by atoms with Crippen molar-refractivity contribution in [2.75, 3.05) is 6.61 Å². The van der Waals surface area contributed by atoms with E-state index in [1.54, 1.807) is 0 Å². The fourth-order valence-electron chi connectivity index (χ4n) is 1.94. The predicted octanol–water partition coefficient (Wildman–Crippen LogP) is 4.49. The Bertz CT molecular complexity index is 726. The number of hydrogen-bond donors (Lipinski definition) is 1. The van der Waals surface area contributed by atoms with Gasteiger partial charge in [-0.3, -0.25) is 0 Å². The molecule has 8 heteroatoms. The molecule has 0 aliphatic carbocycles. The highest BCUT2D eigenvalue weighted by molar-refractivity contribution is 7.09. The van der Waals surface area contributed by atoms with E-state index in [-0.39, 0.29) is 18.0 Å². The van der Waals surface area contributed by atoms with Crippen molar-refractivity contribution in [3.63, 3.8) is 0 Å². The summed E-state index contributed by atoms with van der Waals surface area (Å²) in [4.78, 5) is 14.8. The Morgan fingerprint density at radius 2 is 2.08 bits per heavy atom. The van der Waals surface area contributed by atoms with Crippen LogP contribution in [0.5, 0.6) is 5.75 Å². The number of alkyl halides is 3. The Hall–Kier alpha value is -2.09. The average molecular weight is 359 g/mol. The number of carboxylic acids is 1. The monoisotopic (exact) mass is 359 g/mol. The lowest BCUT2D eigenvalue weighted by Crippen LogP contribution is -2.09. The molecule has 0 saturated carbocycles. The summed E-state index contributed by atoms with van der Waals surface area (Å²) in [6.45, 7) is 4.24. The SMILES string of the molecule is CC(C)COc1ccc(C(F)(F)F)cc1Cc1nc(C(=O)O)cs1. The van der Waals surface area contributed by atoms with E-state index in [9.17, 15) is 18.0 Å². The molecule has 0 amide bonds. The molecule has 24 heavy (non-hydrogen) atoms. The van der Waals surface area contributed by atoms with Crippen LogP contribution < -0.4 is 4.74 Å². The molecule has 130 valence electrons. The van der Waals surface area contributed by atoms with Crippen LogP contribution in [0.25, 0.3) is 0 Å². The summed E-state index contributed by atoms with van der Waals surface area (Å²) >= 11 is 1.09. The summed E-state index contributed by atoms with van der Waals surface area (Å²) in [5, 5.41) is 10.7. The van der Waals surface area contributed by atoms with Gasteiger partial charge in [0.2, 0.25) is 0 Å². The zero-order valence-corrected chi connectivity index (χ0v) is 13.9. The van der Waals surface area contributed by atoms with Crippen molar-refractivity contribution in [3.05, 3.63) is 45.4 Å². The maximum Gasteiger partial charge on any atom is 0.416 e. The molecule has 0 aliphatic heterocycles. The fourth-order valence-corrected chi connectivity index (χ4v) is 2.74. The van der Waals surface area contributed by atoms with Crippen LogP contribution in [-0.2, 0) is 12.6 Å². The van der Waals surface area contributed by atoms with Crippen molar-refractivity contribution >= 4 is 17.3 Å². The maximum absolute atomic E-state index is 12.9. The van der Waals surface area contributed by atoms with Crippen molar-refractivity contribution in [2.45, 2.75) is 26.4 Å². The average Bonchev–Trinajstić information content (AvgIpc) is 2.93. The first-order valence-corrected chi connectivity index (χ1v) is 8.05. The summed E-state index contributed by atoms with van der Waals surface area (Å²) in [5.41, 5.74) is -0.562. The molecule has 2 aromatic rings. The molecule has 0 fully saturated rings. The first-order valence-electron chi connectivity index (χ1n) is 7.17. The fraction of sp³-hybridized carbons (Fsp3) is 0.375. The van der Waals surface area contributed by atoms with Gasteiger partial charge in [0.15, 0.2) is 5.69 Å². The van der Waals surface area contributed by atoms with Gasteiger partial charge in [-0.05, 0) is 24.1 Å². The van der Waals surface area contributed by atoms with Gasteiger partial charge in [0.05, 0.1) is 17.2 Å². The van der Waals surface area contributed by atoms with Crippen molar-refractivity contribution in [1.29, 1.82) is 0 Å². The van der Waals surface area contributed by atoms with Crippen LogP contribution in [-0.4, -0.2) is 22.7 Å². The van der Waals surface area contributed by atoms with Gasteiger partial charge >= 0.3 is 12.1 Å². The first-order chi connectivity index (χ1) is 11.2. The molecular formula is C16H16F3NO3S. The Labute approximate surface area is 140 Å². The minimum atomic E-state index is -4.46. The Morgan fingerprint density at radius 1 is 1.38 bits per heavy atom. The summed E-state index contributed by atoms with van der Waals surface area (Å²) < 4.78 is 44.4. The van der Waals surface area contributed by atoms with E-state index < -0.39 is 17.7 Å². The number of carboxylic acid groups (broad SMARTS) is 1. The van der Waals surface area contributed by atoms with E-state index in [4.69, 9.17) is 9.84 Å². The number of carbonyl (C=O) groups is 1. The quantitative estimate of drug-likeness (QED) is 0.826. The van der Waals surface area contributed by atoms with Gasteiger partial charge in [-0.25, -0.2) is 9.78 Å². The molecule has 1 heterocycles. The van der Waals surface area contributed by atoms with Crippen molar-refractivity contribution < 1.29 is 27.8 Å². The van der Waals surface area contributed by atoms with E-state index in [0.717, 1.165) is 23.5 Å². The van der Waals surface area contributed by atoms with Gasteiger partial charge in [0.1, 0.15) is 5.75 Å². The van der Waals surface area contributed by atoms with E-state index >= 15 is 0 Å². The largest absolute Gasteiger partial charge is 0.493 e. The zero-order valence-electron chi connectivity index (χ0n) is 13.1. The molecule has 0 bridgehead atoms. The van der Waals surface area contributed by atoms with Gasteiger partial charge in [0, 0.05) is 17.4 Å². The molecule has 0 radical (unpaired) electrons. The van der Waals surface area contributed by atoms with Crippen LogP contribution in [0.3, 0.4) is 0 Å². The second-order valence-electron chi connectivity index (χ2n) is 5.63. The lowest BCUT2D eigenvalue weighted by atomic mass is 10.1. The molecule has 2 rings (SSSR count). The first kappa shape index (κ1) is 18.3. The lowest BCUT2D eigenvalue weighted by molar-refractivity contribution is -0.137. The molecule has 0 spiro atoms. The highest BCUT2D eigenvalue weighted by Gasteiger charge is 2.31. The number of halogens is 3. The van der Waals surface area contributed by atoms with Crippen LogP contribution in [0.2, 0.25) is 0 Å². The molecule has 0 saturated heterocycles. The number of benzene rings is 1. The molecule has 0 atom stereocenters. The highest BCUT2D eigenvalue weighted by Crippen LogP contribution is 2.34. The molecule has 1 aromatic carbocycles. The normalized spacial score (nSPS) is 11.8. The molecule has 1 N–H and O–H groups in total. The zero-order chi connectivity index (χ0) is 17.9. The van der Waals surface area contributed by atoms with Crippen molar-refractivity contribution in [2.24, 2.45) is 5.92 Å². The second kappa shape index (κ2) is 7.21. The number of rotatable bonds is 6. The Kier molecular flexibility index (Phi) is 5.48. The third-order valence-electron chi connectivity index (χ3n) is 3.07. The molecule has 0 aliphatic rings. The van der Waals surface area contributed by atoms with Gasteiger partial charge < -0.3 is 9.84 Å². The van der Waals surface area contributed by atoms with Gasteiger partial charge in [0.25, 0.3) is 0 Å². The second-order valence-corrected chi connectivity index (χ2v) is 6.58. The Balaban J connectivity index is 2.33. The van der Waals surface area contributed by atoms with Crippen LogP contribution in [0, 0.1) is 5.92 Å². The number of ether oxygens (including phenoxy) is 1.